The molecule has 8 nitrogen and oxygen atoms in total. The Morgan fingerprint density at radius 2 is 1.53 bits per heavy atom. The molecule has 0 spiro atoms. The summed E-state index contributed by atoms with van der Waals surface area (Å²) >= 11 is 0. The highest BCUT2D eigenvalue weighted by atomic mass is 16.5. The molecule has 0 saturated carbocycles. The summed E-state index contributed by atoms with van der Waals surface area (Å²) in [5, 5.41) is 15.6. The maximum Gasteiger partial charge on any atom is 0.309 e. The van der Waals surface area contributed by atoms with Crippen molar-refractivity contribution in [3.05, 3.63) is 114 Å². The van der Waals surface area contributed by atoms with E-state index in [2.05, 4.69) is 10.6 Å². The highest BCUT2D eigenvalue weighted by Gasteiger charge is 2.24. The number of allylic oxidation sites excluding steroid dienone is 2. The first-order chi connectivity index (χ1) is 21.0. The van der Waals surface area contributed by atoms with Gasteiger partial charge in [0.1, 0.15) is 19.0 Å². The van der Waals surface area contributed by atoms with Crippen molar-refractivity contribution in [1.82, 2.24) is 10.6 Å². The third kappa shape index (κ3) is 10.7. The number of benzene rings is 3. The molecular formula is C35H40N2O6. The smallest absolute Gasteiger partial charge is 0.309 e. The summed E-state index contributed by atoms with van der Waals surface area (Å²) in [5.41, 5.74) is 3.08. The second kappa shape index (κ2) is 16.9. The first kappa shape index (κ1) is 31.5. The second-order valence-electron chi connectivity index (χ2n) is 10.8. The molecule has 1 aliphatic heterocycles. The quantitative estimate of drug-likeness (QED) is 0.230. The molecule has 0 saturated heterocycles. The van der Waals surface area contributed by atoms with Crippen molar-refractivity contribution in [2.45, 2.75) is 44.8 Å². The number of aliphatic hydroxyl groups is 1. The van der Waals surface area contributed by atoms with Gasteiger partial charge in [0.25, 0.3) is 0 Å². The lowest BCUT2D eigenvalue weighted by Crippen LogP contribution is -2.42. The van der Waals surface area contributed by atoms with E-state index < -0.39 is 12.0 Å². The van der Waals surface area contributed by atoms with Crippen LogP contribution in [-0.2, 0) is 38.6 Å². The van der Waals surface area contributed by atoms with E-state index >= 15 is 0 Å². The number of hydrogen-bond donors (Lipinski definition) is 3. The van der Waals surface area contributed by atoms with Gasteiger partial charge in [-0.25, -0.2) is 0 Å². The molecule has 3 aromatic carbocycles. The van der Waals surface area contributed by atoms with E-state index in [9.17, 15) is 19.5 Å². The van der Waals surface area contributed by atoms with Gasteiger partial charge in [0.15, 0.2) is 0 Å². The van der Waals surface area contributed by atoms with E-state index in [-0.39, 0.29) is 49.9 Å². The zero-order chi connectivity index (χ0) is 30.3. The zero-order valence-electron chi connectivity index (χ0n) is 24.3. The predicted octanol–water partition coefficient (Wildman–Crippen LogP) is 4.16. The Labute approximate surface area is 253 Å². The van der Waals surface area contributed by atoms with Crippen LogP contribution in [0.3, 0.4) is 0 Å². The van der Waals surface area contributed by atoms with Crippen molar-refractivity contribution in [3.63, 3.8) is 0 Å². The van der Waals surface area contributed by atoms with Gasteiger partial charge in [-0.15, -0.1) is 0 Å². The van der Waals surface area contributed by atoms with Gasteiger partial charge in [-0.1, -0.05) is 84.9 Å². The minimum absolute atomic E-state index is 0.0217. The third-order valence-electron chi connectivity index (χ3n) is 7.35. The molecule has 1 heterocycles. The second-order valence-corrected chi connectivity index (χ2v) is 10.8. The van der Waals surface area contributed by atoms with Crippen molar-refractivity contribution in [1.29, 1.82) is 0 Å². The molecule has 0 unspecified atom stereocenters. The Morgan fingerprint density at radius 1 is 0.884 bits per heavy atom. The van der Waals surface area contributed by atoms with Gasteiger partial charge < -0.3 is 25.2 Å². The fourth-order valence-electron chi connectivity index (χ4n) is 4.97. The molecule has 0 aliphatic carbocycles. The van der Waals surface area contributed by atoms with Crippen LogP contribution in [0.4, 0.5) is 0 Å². The number of hydrogen-bond acceptors (Lipinski definition) is 6. The highest BCUT2D eigenvalue weighted by molar-refractivity contribution is 5.86. The summed E-state index contributed by atoms with van der Waals surface area (Å²) < 4.78 is 11.3. The molecule has 43 heavy (non-hydrogen) atoms. The summed E-state index contributed by atoms with van der Waals surface area (Å²) in [7, 11) is 0. The van der Waals surface area contributed by atoms with Crippen molar-refractivity contribution in [2.24, 2.45) is 11.8 Å². The maximum absolute atomic E-state index is 12.9. The topological polar surface area (TPSA) is 114 Å². The van der Waals surface area contributed by atoms with Crippen LogP contribution >= 0.6 is 0 Å². The van der Waals surface area contributed by atoms with Crippen molar-refractivity contribution in [3.8, 4) is 5.75 Å². The standard InChI is InChI=1S/C35H40N2O6/c38-24-31(22-27-15-17-32(18-16-27)43-25-28-11-5-2-6-12-28)37-33(39)23-29-13-7-8-14-30(21-26-9-3-1-4-10-26)35(41)42-20-19-36-34(29)40/h1-12,15-18,29-31,38H,13-14,19-25H2,(H,36,40)(H,37,39)/t29-,30+,31+/m1/s1. The Morgan fingerprint density at radius 3 is 2.21 bits per heavy atom. The molecule has 4 rings (SSSR count). The zero-order valence-corrected chi connectivity index (χ0v) is 24.3. The third-order valence-corrected chi connectivity index (χ3v) is 7.35. The first-order valence-electron chi connectivity index (χ1n) is 14.8. The van der Waals surface area contributed by atoms with Crippen LogP contribution in [0.15, 0.2) is 97.1 Å². The Hall–Kier alpha value is -4.43. The summed E-state index contributed by atoms with van der Waals surface area (Å²) in [4.78, 5) is 38.4. The fourth-order valence-corrected chi connectivity index (χ4v) is 4.97. The lowest BCUT2D eigenvalue weighted by Gasteiger charge is -2.20. The summed E-state index contributed by atoms with van der Waals surface area (Å²) in [5.74, 6) is -1.05. The van der Waals surface area contributed by atoms with Crippen LogP contribution in [0, 0.1) is 11.8 Å². The molecule has 3 N–H and O–H groups in total. The number of carbonyl (C=O) groups excluding carboxylic acids is 3. The van der Waals surface area contributed by atoms with E-state index in [0.717, 1.165) is 22.4 Å². The molecule has 2 amide bonds. The summed E-state index contributed by atoms with van der Waals surface area (Å²) in [6.45, 7) is 0.484. The van der Waals surface area contributed by atoms with Crippen LogP contribution in [0.5, 0.6) is 5.75 Å². The van der Waals surface area contributed by atoms with Crippen molar-refractivity contribution < 1.29 is 29.0 Å². The van der Waals surface area contributed by atoms with Gasteiger partial charge in [-0.05, 0) is 54.5 Å². The number of amides is 2. The first-order valence-corrected chi connectivity index (χ1v) is 14.8. The normalized spacial score (nSPS) is 18.3. The van der Waals surface area contributed by atoms with Gasteiger partial charge in [-0.3, -0.25) is 14.4 Å². The van der Waals surface area contributed by atoms with Gasteiger partial charge in [0, 0.05) is 6.42 Å². The van der Waals surface area contributed by atoms with Crippen LogP contribution < -0.4 is 15.4 Å². The van der Waals surface area contributed by atoms with E-state index in [1.807, 2.05) is 97.1 Å². The van der Waals surface area contributed by atoms with Crippen molar-refractivity contribution >= 4 is 17.8 Å². The monoisotopic (exact) mass is 584 g/mol. The number of nitrogens with one attached hydrogen (secondary N) is 2. The lowest BCUT2D eigenvalue weighted by molar-refractivity contribution is -0.148. The Kier molecular flexibility index (Phi) is 12.4. The van der Waals surface area contributed by atoms with E-state index in [1.54, 1.807) is 0 Å². The van der Waals surface area contributed by atoms with E-state index in [4.69, 9.17) is 9.47 Å². The average molecular weight is 585 g/mol. The Bertz CT molecular complexity index is 1330. The van der Waals surface area contributed by atoms with Crippen molar-refractivity contribution in [2.75, 3.05) is 19.8 Å². The largest absolute Gasteiger partial charge is 0.489 e. The molecule has 226 valence electrons. The Balaban J connectivity index is 1.28. The number of cyclic esters (lactones) is 1. The van der Waals surface area contributed by atoms with Crippen LogP contribution in [0.2, 0.25) is 0 Å². The summed E-state index contributed by atoms with van der Waals surface area (Å²) in [6, 6.07) is 26.8. The molecular weight excluding hydrogens is 544 g/mol. The van der Waals surface area contributed by atoms with Gasteiger partial charge in [-0.2, -0.15) is 0 Å². The number of esters is 1. The predicted molar refractivity (Wildman–Crippen MR) is 164 cm³/mol. The molecule has 0 radical (unpaired) electrons. The van der Waals surface area contributed by atoms with Gasteiger partial charge in [0.2, 0.25) is 11.8 Å². The molecule has 0 aromatic heterocycles. The highest BCUT2D eigenvalue weighted by Crippen LogP contribution is 2.19. The average Bonchev–Trinajstić information content (AvgIpc) is 3.03. The number of rotatable bonds is 11. The molecule has 0 fully saturated rings. The fraction of sp³-hybridized carbons (Fsp3) is 0.343. The number of aliphatic hydroxyl groups excluding tert-OH is 1. The van der Waals surface area contributed by atoms with Gasteiger partial charge in [0.05, 0.1) is 31.0 Å². The molecule has 1 aliphatic rings. The number of ether oxygens (including phenoxy) is 2. The molecule has 3 aromatic rings. The lowest BCUT2D eigenvalue weighted by atomic mass is 9.94. The SMILES string of the molecule is O=C(C[C@H]1CC=CC[C@@H](Cc2ccccc2)C(=O)OCCNC1=O)N[C@H](CO)Cc1ccc(OCc2ccccc2)cc1. The maximum atomic E-state index is 12.9. The van der Waals surface area contributed by atoms with E-state index in [0.29, 0.717) is 32.3 Å². The molecule has 8 heteroatoms. The number of carbonyl (C=O) groups is 3. The van der Waals surface area contributed by atoms with E-state index in [1.165, 1.54) is 0 Å². The molecule has 0 bridgehead atoms. The van der Waals surface area contributed by atoms with Gasteiger partial charge >= 0.3 is 5.97 Å². The minimum Gasteiger partial charge on any atom is -0.489 e. The van der Waals surface area contributed by atoms with Crippen LogP contribution in [-0.4, -0.2) is 48.7 Å². The van der Waals surface area contributed by atoms with Crippen LogP contribution in [0.1, 0.15) is 36.0 Å². The minimum atomic E-state index is -0.584. The summed E-state index contributed by atoms with van der Waals surface area (Å²) in [6.07, 6.45) is 5.57. The molecule has 3 atom stereocenters. The van der Waals surface area contributed by atoms with Crippen LogP contribution in [0.25, 0.3) is 0 Å².